The number of hydrogen-bond donors (Lipinski definition) is 3. The van der Waals surface area contributed by atoms with Gasteiger partial charge in [0.25, 0.3) is 0 Å². The van der Waals surface area contributed by atoms with E-state index in [1.54, 1.807) is 14.2 Å². The first-order chi connectivity index (χ1) is 11.7. The van der Waals surface area contributed by atoms with Crippen LogP contribution in [-0.2, 0) is 9.53 Å². The molecule has 0 bridgehead atoms. The Balaban J connectivity index is 1.70. The molecule has 7 heteroatoms. The second kappa shape index (κ2) is 9.54. The number of nitrogens with one attached hydrogen (secondary N) is 3. The monoisotopic (exact) mass is 350 g/mol. The summed E-state index contributed by atoms with van der Waals surface area (Å²) in [6, 6.07) is 10.4. The SMILES string of the molecule is CN=C(NCC(=O)NCCOC)NCC1(Sc2ccccc2)CC1. The molecule has 0 heterocycles. The Hall–Kier alpha value is -1.73. The first-order valence-corrected chi connectivity index (χ1v) is 8.93. The number of benzene rings is 1. The normalized spacial score (nSPS) is 15.7. The lowest BCUT2D eigenvalue weighted by Crippen LogP contribution is -2.45. The number of nitrogens with zero attached hydrogens (tertiary/aromatic N) is 1. The molecule has 0 radical (unpaired) electrons. The van der Waals surface area contributed by atoms with Gasteiger partial charge in [0, 0.05) is 36.9 Å². The number of hydrogen-bond acceptors (Lipinski definition) is 4. The maximum Gasteiger partial charge on any atom is 0.239 e. The molecular weight excluding hydrogens is 324 g/mol. The average molecular weight is 350 g/mol. The van der Waals surface area contributed by atoms with Crippen LogP contribution in [0.5, 0.6) is 0 Å². The number of carbonyl (C=O) groups excluding carboxylic acids is 1. The molecule has 24 heavy (non-hydrogen) atoms. The van der Waals surface area contributed by atoms with Crippen LogP contribution in [0.2, 0.25) is 0 Å². The van der Waals surface area contributed by atoms with Crippen molar-refractivity contribution in [2.45, 2.75) is 22.5 Å². The molecule has 1 amide bonds. The van der Waals surface area contributed by atoms with Crippen molar-refractivity contribution in [1.82, 2.24) is 16.0 Å². The minimum absolute atomic E-state index is 0.0743. The van der Waals surface area contributed by atoms with E-state index >= 15 is 0 Å². The standard InChI is InChI=1S/C17H26N4O2S/c1-18-16(20-12-15(22)19-10-11-23-2)21-13-17(8-9-17)24-14-6-4-3-5-7-14/h3-7H,8-13H2,1-2H3,(H,19,22)(H2,18,20,21). The van der Waals surface area contributed by atoms with Gasteiger partial charge in [-0.3, -0.25) is 9.79 Å². The van der Waals surface area contributed by atoms with Crippen molar-refractivity contribution in [1.29, 1.82) is 0 Å². The molecule has 1 aromatic carbocycles. The van der Waals surface area contributed by atoms with Crippen molar-refractivity contribution in [3.8, 4) is 0 Å². The van der Waals surface area contributed by atoms with E-state index in [1.165, 1.54) is 17.7 Å². The van der Waals surface area contributed by atoms with Crippen LogP contribution in [0, 0.1) is 0 Å². The summed E-state index contributed by atoms with van der Waals surface area (Å²) in [6.07, 6.45) is 2.38. The molecule has 0 atom stereocenters. The molecule has 1 aromatic rings. The molecule has 0 saturated heterocycles. The minimum atomic E-state index is -0.0743. The Morgan fingerprint density at radius 3 is 2.62 bits per heavy atom. The van der Waals surface area contributed by atoms with E-state index < -0.39 is 0 Å². The predicted octanol–water partition coefficient (Wildman–Crippen LogP) is 1.24. The fraction of sp³-hybridized carbons (Fsp3) is 0.529. The van der Waals surface area contributed by atoms with E-state index in [-0.39, 0.29) is 17.2 Å². The molecule has 1 aliphatic carbocycles. The highest BCUT2D eigenvalue weighted by molar-refractivity contribution is 8.01. The summed E-state index contributed by atoms with van der Waals surface area (Å²) in [5, 5.41) is 9.13. The quantitative estimate of drug-likeness (QED) is 0.355. The van der Waals surface area contributed by atoms with E-state index in [9.17, 15) is 4.79 Å². The summed E-state index contributed by atoms with van der Waals surface area (Å²) >= 11 is 1.91. The van der Waals surface area contributed by atoms with Crippen molar-refractivity contribution < 1.29 is 9.53 Å². The average Bonchev–Trinajstić information content (AvgIpc) is 3.36. The van der Waals surface area contributed by atoms with Gasteiger partial charge in [-0.2, -0.15) is 0 Å². The minimum Gasteiger partial charge on any atom is -0.383 e. The maximum absolute atomic E-state index is 11.7. The van der Waals surface area contributed by atoms with Crippen molar-refractivity contribution in [3.63, 3.8) is 0 Å². The summed E-state index contributed by atoms with van der Waals surface area (Å²) in [5.74, 6) is 0.576. The lowest BCUT2D eigenvalue weighted by molar-refractivity contribution is -0.120. The largest absolute Gasteiger partial charge is 0.383 e. The van der Waals surface area contributed by atoms with Gasteiger partial charge >= 0.3 is 0 Å². The van der Waals surface area contributed by atoms with Gasteiger partial charge in [0.05, 0.1) is 13.2 Å². The summed E-state index contributed by atoms with van der Waals surface area (Å²) in [5.41, 5.74) is 0. The molecule has 132 valence electrons. The summed E-state index contributed by atoms with van der Waals surface area (Å²) in [4.78, 5) is 17.1. The van der Waals surface area contributed by atoms with E-state index in [0.29, 0.717) is 19.1 Å². The van der Waals surface area contributed by atoms with Gasteiger partial charge in [0.2, 0.25) is 5.91 Å². The molecule has 1 saturated carbocycles. The molecule has 2 rings (SSSR count). The number of rotatable bonds is 9. The Labute approximate surface area is 147 Å². The smallest absolute Gasteiger partial charge is 0.239 e. The molecular formula is C17H26N4O2S. The lowest BCUT2D eigenvalue weighted by Gasteiger charge is -2.18. The fourth-order valence-corrected chi connectivity index (χ4v) is 3.42. The number of carbonyl (C=O) groups is 1. The Kier molecular flexibility index (Phi) is 7.39. The zero-order valence-corrected chi connectivity index (χ0v) is 15.1. The molecule has 0 aromatic heterocycles. The van der Waals surface area contributed by atoms with E-state index in [0.717, 1.165) is 6.54 Å². The second-order valence-corrected chi connectivity index (χ2v) is 7.26. The summed E-state index contributed by atoms with van der Waals surface area (Å²) in [7, 11) is 3.32. The zero-order valence-electron chi connectivity index (χ0n) is 14.3. The predicted molar refractivity (Wildman–Crippen MR) is 98.5 cm³/mol. The maximum atomic E-state index is 11.7. The van der Waals surface area contributed by atoms with Crippen LogP contribution in [0.25, 0.3) is 0 Å². The number of ether oxygens (including phenoxy) is 1. The highest BCUT2D eigenvalue weighted by atomic mass is 32.2. The van der Waals surface area contributed by atoms with Gasteiger partial charge in [-0.25, -0.2) is 0 Å². The van der Waals surface area contributed by atoms with Crippen LogP contribution in [0.1, 0.15) is 12.8 Å². The Bertz CT molecular complexity index is 547. The number of amides is 1. The van der Waals surface area contributed by atoms with E-state index in [4.69, 9.17) is 4.74 Å². The van der Waals surface area contributed by atoms with Gasteiger partial charge < -0.3 is 20.7 Å². The van der Waals surface area contributed by atoms with Crippen molar-refractivity contribution in [2.75, 3.05) is 40.4 Å². The van der Waals surface area contributed by atoms with Crippen LogP contribution < -0.4 is 16.0 Å². The first kappa shape index (κ1) is 18.6. The lowest BCUT2D eigenvalue weighted by atomic mass is 10.4. The molecule has 0 aliphatic heterocycles. The molecule has 1 fully saturated rings. The highest BCUT2D eigenvalue weighted by Gasteiger charge is 2.43. The first-order valence-electron chi connectivity index (χ1n) is 8.12. The van der Waals surface area contributed by atoms with Gasteiger partial charge in [-0.15, -0.1) is 11.8 Å². The number of guanidine groups is 1. The van der Waals surface area contributed by atoms with Crippen molar-refractivity contribution in [2.24, 2.45) is 4.99 Å². The third kappa shape index (κ3) is 6.41. The zero-order chi connectivity index (χ0) is 17.3. The molecule has 0 unspecified atom stereocenters. The van der Waals surface area contributed by atoms with Gasteiger partial charge in [0.1, 0.15) is 0 Å². The third-order valence-electron chi connectivity index (χ3n) is 3.73. The van der Waals surface area contributed by atoms with E-state index in [2.05, 4.69) is 45.2 Å². The second-order valence-electron chi connectivity index (χ2n) is 5.72. The van der Waals surface area contributed by atoms with Crippen LogP contribution in [0.3, 0.4) is 0 Å². The third-order valence-corrected chi connectivity index (χ3v) is 5.23. The van der Waals surface area contributed by atoms with Crippen LogP contribution in [0.15, 0.2) is 40.2 Å². The molecule has 6 nitrogen and oxygen atoms in total. The van der Waals surface area contributed by atoms with Gasteiger partial charge in [0.15, 0.2) is 5.96 Å². The fourth-order valence-electron chi connectivity index (χ4n) is 2.18. The number of thioether (sulfide) groups is 1. The van der Waals surface area contributed by atoms with Crippen LogP contribution >= 0.6 is 11.8 Å². The van der Waals surface area contributed by atoms with Crippen molar-refractivity contribution >= 4 is 23.6 Å². The van der Waals surface area contributed by atoms with E-state index in [1.807, 2.05) is 17.8 Å². The summed E-state index contributed by atoms with van der Waals surface area (Å²) < 4.78 is 5.13. The number of aliphatic imine (C=N–C) groups is 1. The van der Waals surface area contributed by atoms with Crippen molar-refractivity contribution in [3.05, 3.63) is 30.3 Å². The summed E-state index contributed by atoms with van der Waals surface area (Å²) in [6.45, 7) is 2.05. The van der Waals surface area contributed by atoms with Crippen LogP contribution in [-0.4, -0.2) is 57.0 Å². The Morgan fingerprint density at radius 2 is 2.00 bits per heavy atom. The van der Waals surface area contributed by atoms with Gasteiger partial charge in [-0.1, -0.05) is 18.2 Å². The molecule has 3 N–H and O–H groups in total. The highest BCUT2D eigenvalue weighted by Crippen LogP contribution is 2.51. The van der Waals surface area contributed by atoms with Gasteiger partial charge in [-0.05, 0) is 25.0 Å². The van der Waals surface area contributed by atoms with Crippen LogP contribution in [0.4, 0.5) is 0 Å². The Morgan fingerprint density at radius 1 is 1.25 bits per heavy atom. The number of methoxy groups -OCH3 is 1. The molecule has 1 aliphatic rings. The topological polar surface area (TPSA) is 74.8 Å². The molecule has 0 spiro atoms.